The summed E-state index contributed by atoms with van der Waals surface area (Å²) in [6, 6.07) is -0.0186. The van der Waals surface area contributed by atoms with E-state index >= 15 is 0 Å². The molecule has 0 aromatic heterocycles. The van der Waals surface area contributed by atoms with Crippen LogP contribution in [0.4, 0.5) is 4.79 Å². The van der Waals surface area contributed by atoms with Gasteiger partial charge in [-0.25, -0.2) is 4.79 Å². The minimum Gasteiger partial charge on any atom is -0.338 e. The number of nitrogens with zero attached hydrogens (tertiary/aromatic N) is 1. The molecule has 1 rings (SSSR count). The molecule has 2 amide bonds. The lowest BCUT2D eigenvalue weighted by Crippen LogP contribution is -2.37. The highest BCUT2D eigenvalue weighted by molar-refractivity contribution is 5.73. The molecule has 4 heteroatoms. The second-order valence-electron chi connectivity index (χ2n) is 4.44. The highest BCUT2D eigenvalue weighted by Gasteiger charge is 2.10. The number of nitrogens with one attached hydrogen (secondary N) is 2. The largest absolute Gasteiger partial charge is 0.338 e. The molecule has 0 aliphatic carbocycles. The SMILES string of the molecule is CCCCNC(=O)NCCCN1CCCC1. The summed E-state index contributed by atoms with van der Waals surface area (Å²) in [5.74, 6) is 0. The number of amides is 2. The van der Waals surface area contributed by atoms with Crippen LogP contribution in [-0.4, -0.2) is 43.7 Å². The summed E-state index contributed by atoms with van der Waals surface area (Å²) in [4.78, 5) is 13.7. The third kappa shape index (κ3) is 5.95. The van der Waals surface area contributed by atoms with Gasteiger partial charge in [0.25, 0.3) is 0 Å². The van der Waals surface area contributed by atoms with E-state index in [1.54, 1.807) is 0 Å². The first-order chi connectivity index (χ1) is 7.83. The van der Waals surface area contributed by atoms with E-state index in [2.05, 4.69) is 22.5 Å². The fraction of sp³-hybridized carbons (Fsp3) is 0.917. The highest BCUT2D eigenvalue weighted by atomic mass is 16.2. The quantitative estimate of drug-likeness (QED) is 0.648. The summed E-state index contributed by atoms with van der Waals surface area (Å²) < 4.78 is 0. The number of urea groups is 1. The molecule has 1 fully saturated rings. The molecule has 16 heavy (non-hydrogen) atoms. The van der Waals surface area contributed by atoms with Gasteiger partial charge < -0.3 is 15.5 Å². The lowest BCUT2D eigenvalue weighted by molar-refractivity contribution is 0.239. The number of hydrogen-bond donors (Lipinski definition) is 2. The van der Waals surface area contributed by atoms with Gasteiger partial charge in [-0.05, 0) is 45.3 Å². The van der Waals surface area contributed by atoms with Gasteiger partial charge in [0.15, 0.2) is 0 Å². The van der Waals surface area contributed by atoms with Crippen LogP contribution in [0, 0.1) is 0 Å². The summed E-state index contributed by atoms with van der Waals surface area (Å²) >= 11 is 0. The van der Waals surface area contributed by atoms with Crippen LogP contribution in [0.2, 0.25) is 0 Å². The van der Waals surface area contributed by atoms with Crippen molar-refractivity contribution in [2.45, 2.75) is 39.0 Å². The molecule has 0 saturated carbocycles. The minimum absolute atomic E-state index is 0.0186. The summed E-state index contributed by atoms with van der Waals surface area (Å²) in [7, 11) is 0. The molecule has 0 spiro atoms. The summed E-state index contributed by atoms with van der Waals surface area (Å²) in [6.45, 7) is 7.29. The first-order valence-electron chi connectivity index (χ1n) is 6.57. The van der Waals surface area contributed by atoms with E-state index in [1.165, 1.54) is 25.9 Å². The molecule has 0 aromatic rings. The Balaban J connectivity index is 1.87. The van der Waals surface area contributed by atoms with Crippen molar-refractivity contribution in [3.05, 3.63) is 0 Å². The van der Waals surface area contributed by atoms with Gasteiger partial charge in [-0.3, -0.25) is 0 Å². The normalized spacial score (nSPS) is 16.3. The van der Waals surface area contributed by atoms with E-state index in [4.69, 9.17) is 0 Å². The molecular formula is C12H25N3O. The van der Waals surface area contributed by atoms with Gasteiger partial charge in [0.05, 0.1) is 0 Å². The summed E-state index contributed by atoms with van der Waals surface area (Å²) in [6.07, 6.45) is 5.91. The maximum Gasteiger partial charge on any atom is 0.314 e. The van der Waals surface area contributed by atoms with Crippen LogP contribution >= 0.6 is 0 Å². The van der Waals surface area contributed by atoms with Gasteiger partial charge in [0, 0.05) is 13.1 Å². The first kappa shape index (κ1) is 13.3. The van der Waals surface area contributed by atoms with Gasteiger partial charge in [-0.2, -0.15) is 0 Å². The number of likely N-dealkylation sites (tertiary alicyclic amines) is 1. The summed E-state index contributed by atoms with van der Waals surface area (Å²) in [5.41, 5.74) is 0. The average Bonchev–Trinajstić information content (AvgIpc) is 2.78. The second kappa shape index (κ2) is 8.39. The lowest BCUT2D eigenvalue weighted by Gasteiger charge is -2.14. The van der Waals surface area contributed by atoms with Crippen molar-refractivity contribution in [1.29, 1.82) is 0 Å². The van der Waals surface area contributed by atoms with Crippen molar-refractivity contribution in [1.82, 2.24) is 15.5 Å². The van der Waals surface area contributed by atoms with E-state index in [0.717, 1.165) is 38.9 Å². The number of hydrogen-bond acceptors (Lipinski definition) is 2. The Morgan fingerprint density at radius 2 is 1.75 bits per heavy atom. The average molecular weight is 227 g/mol. The van der Waals surface area contributed by atoms with Gasteiger partial charge in [-0.15, -0.1) is 0 Å². The van der Waals surface area contributed by atoms with Crippen molar-refractivity contribution in [3.8, 4) is 0 Å². The second-order valence-corrected chi connectivity index (χ2v) is 4.44. The standard InChI is InChI=1S/C12H25N3O/c1-2-3-7-13-12(16)14-8-6-11-15-9-4-5-10-15/h2-11H2,1H3,(H2,13,14,16). The number of carbonyl (C=O) groups is 1. The smallest absolute Gasteiger partial charge is 0.314 e. The first-order valence-corrected chi connectivity index (χ1v) is 6.57. The molecular weight excluding hydrogens is 202 g/mol. The maximum absolute atomic E-state index is 11.3. The Hall–Kier alpha value is -0.770. The molecule has 1 aliphatic rings. The van der Waals surface area contributed by atoms with E-state index in [0.29, 0.717) is 0 Å². The van der Waals surface area contributed by atoms with Crippen LogP contribution in [0.1, 0.15) is 39.0 Å². The van der Waals surface area contributed by atoms with Crippen molar-refractivity contribution >= 4 is 6.03 Å². The molecule has 4 nitrogen and oxygen atoms in total. The molecule has 0 bridgehead atoms. The zero-order chi connectivity index (χ0) is 11.6. The molecule has 1 heterocycles. The molecule has 0 unspecified atom stereocenters. The van der Waals surface area contributed by atoms with Crippen LogP contribution in [0.5, 0.6) is 0 Å². The number of unbranched alkanes of at least 4 members (excludes halogenated alkanes) is 1. The van der Waals surface area contributed by atoms with Gasteiger partial charge in [0.2, 0.25) is 0 Å². The molecule has 1 saturated heterocycles. The maximum atomic E-state index is 11.3. The van der Waals surface area contributed by atoms with E-state index in [9.17, 15) is 4.79 Å². The molecule has 0 aromatic carbocycles. The Bertz CT molecular complexity index is 191. The van der Waals surface area contributed by atoms with Crippen molar-refractivity contribution in [2.75, 3.05) is 32.7 Å². The van der Waals surface area contributed by atoms with Gasteiger partial charge in [0.1, 0.15) is 0 Å². The number of rotatable bonds is 7. The molecule has 2 N–H and O–H groups in total. The molecule has 94 valence electrons. The zero-order valence-corrected chi connectivity index (χ0v) is 10.4. The monoisotopic (exact) mass is 227 g/mol. The molecule has 0 atom stereocenters. The predicted molar refractivity (Wildman–Crippen MR) is 66.6 cm³/mol. The summed E-state index contributed by atoms with van der Waals surface area (Å²) in [5, 5.41) is 5.74. The van der Waals surface area contributed by atoms with Crippen molar-refractivity contribution in [3.63, 3.8) is 0 Å². The lowest BCUT2D eigenvalue weighted by atomic mass is 10.3. The Labute approximate surface area is 98.8 Å². The zero-order valence-electron chi connectivity index (χ0n) is 10.4. The van der Waals surface area contributed by atoms with Crippen LogP contribution < -0.4 is 10.6 Å². The predicted octanol–water partition coefficient (Wildman–Crippen LogP) is 1.57. The fourth-order valence-electron chi connectivity index (χ4n) is 1.95. The Morgan fingerprint density at radius 3 is 2.38 bits per heavy atom. The number of carbonyl (C=O) groups excluding carboxylic acids is 1. The van der Waals surface area contributed by atoms with Crippen LogP contribution in [0.25, 0.3) is 0 Å². The minimum atomic E-state index is -0.0186. The Morgan fingerprint density at radius 1 is 1.12 bits per heavy atom. The van der Waals surface area contributed by atoms with Crippen molar-refractivity contribution < 1.29 is 4.79 Å². The van der Waals surface area contributed by atoms with E-state index in [-0.39, 0.29) is 6.03 Å². The third-order valence-corrected chi connectivity index (χ3v) is 2.95. The van der Waals surface area contributed by atoms with Gasteiger partial charge >= 0.3 is 6.03 Å². The van der Waals surface area contributed by atoms with E-state index < -0.39 is 0 Å². The third-order valence-electron chi connectivity index (χ3n) is 2.95. The highest BCUT2D eigenvalue weighted by Crippen LogP contribution is 2.06. The van der Waals surface area contributed by atoms with Crippen LogP contribution in [0.15, 0.2) is 0 Å². The molecule has 0 radical (unpaired) electrons. The topological polar surface area (TPSA) is 44.4 Å². The fourth-order valence-corrected chi connectivity index (χ4v) is 1.95. The van der Waals surface area contributed by atoms with Crippen LogP contribution in [-0.2, 0) is 0 Å². The Kier molecular flexibility index (Phi) is 6.97. The van der Waals surface area contributed by atoms with Crippen LogP contribution in [0.3, 0.4) is 0 Å². The molecule has 1 aliphatic heterocycles. The van der Waals surface area contributed by atoms with E-state index in [1.807, 2.05) is 0 Å². The van der Waals surface area contributed by atoms with Crippen molar-refractivity contribution in [2.24, 2.45) is 0 Å². The van der Waals surface area contributed by atoms with Gasteiger partial charge in [-0.1, -0.05) is 13.3 Å².